The Morgan fingerprint density at radius 3 is 2.59 bits per heavy atom. The van der Waals surface area contributed by atoms with Crippen molar-refractivity contribution in [3.8, 4) is 11.5 Å². The maximum atomic E-state index is 12.7. The molecule has 0 aromatic heterocycles. The molecule has 5 heteroatoms. The van der Waals surface area contributed by atoms with Crippen LogP contribution in [0.5, 0.6) is 11.5 Å². The van der Waals surface area contributed by atoms with Gasteiger partial charge in [0.15, 0.2) is 0 Å². The van der Waals surface area contributed by atoms with Crippen molar-refractivity contribution in [2.24, 2.45) is 0 Å². The van der Waals surface area contributed by atoms with Gasteiger partial charge in [0.2, 0.25) is 0 Å². The van der Waals surface area contributed by atoms with E-state index in [0.717, 1.165) is 31.8 Å². The van der Waals surface area contributed by atoms with Gasteiger partial charge in [0, 0.05) is 25.7 Å². The van der Waals surface area contributed by atoms with Crippen LogP contribution in [0.3, 0.4) is 0 Å². The number of hydrogen-bond donors (Lipinski definition) is 1. The number of benzene rings is 2. The number of ether oxygens (including phenoxy) is 2. The molecule has 1 amide bonds. The molecular weight excluding hydrogens is 364 g/mol. The van der Waals surface area contributed by atoms with Crippen molar-refractivity contribution in [3.05, 3.63) is 59.7 Å². The summed E-state index contributed by atoms with van der Waals surface area (Å²) in [6.07, 6.45) is 0.950. The Kier molecular flexibility index (Phi) is 7.53. The molecule has 1 atom stereocenters. The molecule has 1 aliphatic rings. The summed E-state index contributed by atoms with van der Waals surface area (Å²) in [5, 5.41) is 3.15. The molecule has 1 aliphatic heterocycles. The lowest BCUT2D eigenvalue weighted by atomic mass is 10.0. The van der Waals surface area contributed by atoms with Crippen molar-refractivity contribution in [3.63, 3.8) is 0 Å². The van der Waals surface area contributed by atoms with Crippen molar-refractivity contribution in [1.29, 1.82) is 0 Å². The van der Waals surface area contributed by atoms with Gasteiger partial charge in [-0.15, -0.1) is 0 Å². The van der Waals surface area contributed by atoms with Crippen LogP contribution in [0.1, 0.15) is 49.0 Å². The van der Waals surface area contributed by atoms with Gasteiger partial charge in [0.05, 0.1) is 12.2 Å². The fourth-order valence-electron chi connectivity index (χ4n) is 3.73. The lowest BCUT2D eigenvalue weighted by Gasteiger charge is -2.19. The second-order valence-electron chi connectivity index (χ2n) is 7.73. The minimum Gasteiger partial charge on any atom is -0.493 e. The Hall–Kier alpha value is -2.53. The highest BCUT2D eigenvalue weighted by Crippen LogP contribution is 2.26. The average Bonchev–Trinajstić information content (AvgIpc) is 3.16. The lowest BCUT2D eigenvalue weighted by Crippen LogP contribution is -2.38. The van der Waals surface area contributed by atoms with Gasteiger partial charge in [-0.2, -0.15) is 0 Å². The number of rotatable bonds is 9. The predicted octanol–water partition coefficient (Wildman–Crippen LogP) is 4.09. The maximum absolute atomic E-state index is 12.7. The number of nitrogens with zero attached hydrogens (tertiary/aromatic N) is 1. The maximum Gasteiger partial charge on any atom is 0.255 e. The zero-order valence-corrected chi connectivity index (χ0v) is 17.7. The molecule has 0 saturated carbocycles. The predicted molar refractivity (Wildman–Crippen MR) is 116 cm³/mol. The molecule has 29 heavy (non-hydrogen) atoms. The van der Waals surface area contributed by atoms with E-state index in [1.807, 2.05) is 43.3 Å². The largest absolute Gasteiger partial charge is 0.493 e. The molecule has 5 nitrogen and oxygen atoms in total. The molecule has 0 radical (unpaired) electrons. The first kappa shape index (κ1) is 21.2. The van der Waals surface area contributed by atoms with Crippen LogP contribution >= 0.6 is 0 Å². The summed E-state index contributed by atoms with van der Waals surface area (Å²) in [6.45, 7) is 10.1. The van der Waals surface area contributed by atoms with Crippen LogP contribution in [-0.4, -0.2) is 49.7 Å². The summed E-state index contributed by atoms with van der Waals surface area (Å²) in [5.41, 5.74) is 1.84. The summed E-state index contributed by atoms with van der Waals surface area (Å²) >= 11 is 0. The van der Waals surface area contributed by atoms with Crippen LogP contribution in [-0.2, 0) is 0 Å². The van der Waals surface area contributed by atoms with Gasteiger partial charge in [-0.25, -0.2) is 0 Å². The van der Waals surface area contributed by atoms with E-state index in [2.05, 4.69) is 36.2 Å². The number of amides is 1. The van der Waals surface area contributed by atoms with Gasteiger partial charge >= 0.3 is 0 Å². The summed E-state index contributed by atoms with van der Waals surface area (Å²) < 4.78 is 11.6. The molecule has 0 aliphatic carbocycles. The van der Waals surface area contributed by atoms with E-state index >= 15 is 0 Å². The second-order valence-corrected chi connectivity index (χ2v) is 7.73. The Bertz CT molecular complexity index is 806. The Labute approximate surface area is 174 Å². The number of carbonyl (C=O) groups excluding carboxylic acids is 1. The highest BCUT2D eigenvalue weighted by Gasteiger charge is 2.25. The van der Waals surface area contributed by atoms with E-state index < -0.39 is 0 Å². The van der Waals surface area contributed by atoms with Crippen molar-refractivity contribution in [1.82, 2.24) is 10.2 Å². The van der Waals surface area contributed by atoms with E-state index in [-0.39, 0.29) is 11.9 Å². The summed E-state index contributed by atoms with van der Waals surface area (Å²) in [6, 6.07) is 15.8. The minimum absolute atomic E-state index is 0.0667. The molecule has 1 saturated heterocycles. The average molecular weight is 397 g/mol. The van der Waals surface area contributed by atoms with Crippen molar-refractivity contribution < 1.29 is 14.3 Å². The second kappa shape index (κ2) is 10.3. The molecule has 0 bridgehead atoms. The highest BCUT2D eigenvalue weighted by molar-refractivity contribution is 5.97. The smallest absolute Gasteiger partial charge is 0.255 e. The molecule has 156 valence electrons. The molecule has 1 heterocycles. The van der Waals surface area contributed by atoms with Crippen LogP contribution in [0.2, 0.25) is 0 Å². The number of para-hydroxylation sites is 2. The minimum atomic E-state index is -0.0667. The molecule has 1 fully saturated rings. The standard InChI is InChI=1S/C24H32N2O3/c1-4-28-23-12-8-6-10-21(23)24(27)25-19-13-14-26(17-19)15-16-29-22-11-7-5-9-20(22)18(2)3/h5-12,18-19H,4,13-17H2,1-3H3,(H,25,27). The fourth-order valence-corrected chi connectivity index (χ4v) is 3.73. The van der Waals surface area contributed by atoms with Crippen LogP contribution in [0.4, 0.5) is 0 Å². The van der Waals surface area contributed by atoms with E-state index in [9.17, 15) is 4.79 Å². The third kappa shape index (κ3) is 5.73. The topological polar surface area (TPSA) is 50.8 Å². The first-order chi connectivity index (χ1) is 14.1. The quantitative estimate of drug-likeness (QED) is 0.694. The monoisotopic (exact) mass is 396 g/mol. The SMILES string of the molecule is CCOc1ccccc1C(=O)NC1CCN(CCOc2ccccc2C(C)C)C1. The molecular formula is C24H32N2O3. The first-order valence-electron chi connectivity index (χ1n) is 10.5. The van der Waals surface area contributed by atoms with Gasteiger partial charge in [0.25, 0.3) is 5.91 Å². The molecule has 0 spiro atoms. The lowest BCUT2D eigenvalue weighted by molar-refractivity contribution is 0.0933. The molecule has 1 unspecified atom stereocenters. The zero-order chi connectivity index (χ0) is 20.6. The Balaban J connectivity index is 1.47. The van der Waals surface area contributed by atoms with Crippen molar-refractivity contribution in [2.45, 2.75) is 39.2 Å². The van der Waals surface area contributed by atoms with Crippen LogP contribution < -0.4 is 14.8 Å². The first-order valence-corrected chi connectivity index (χ1v) is 10.5. The van der Waals surface area contributed by atoms with Crippen LogP contribution in [0.15, 0.2) is 48.5 Å². The summed E-state index contributed by atoms with van der Waals surface area (Å²) in [7, 11) is 0. The normalized spacial score (nSPS) is 16.8. The van der Waals surface area contributed by atoms with E-state index in [0.29, 0.717) is 30.4 Å². The van der Waals surface area contributed by atoms with Crippen LogP contribution in [0.25, 0.3) is 0 Å². The third-order valence-corrected chi connectivity index (χ3v) is 5.25. The third-order valence-electron chi connectivity index (χ3n) is 5.25. The molecule has 2 aromatic carbocycles. The van der Waals surface area contributed by atoms with Crippen molar-refractivity contribution >= 4 is 5.91 Å². The van der Waals surface area contributed by atoms with E-state index in [1.54, 1.807) is 0 Å². The fraction of sp³-hybridized carbons (Fsp3) is 0.458. The number of hydrogen-bond acceptors (Lipinski definition) is 4. The number of nitrogens with one attached hydrogen (secondary N) is 1. The number of carbonyl (C=O) groups is 1. The molecule has 1 N–H and O–H groups in total. The van der Waals surface area contributed by atoms with Gasteiger partial charge < -0.3 is 14.8 Å². The molecule has 2 aromatic rings. The van der Waals surface area contributed by atoms with Crippen molar-refractivity contribution in [2.75, 3.05) is 32.8 Å². The molecule has 3 rings (SSSR count). The Morgan fingerprint density at radius 1 is 1.10 bits per heavy atom. The summed E-state index contributed by atoms with van der Waals surface area (Å²) in [4.78, 5) is 15.0. The van der Waals surface area contributed by atoms with Gasteiger partial charge in [-0.3, -0.25) is 9.69 Å². The summed E-state index contributed by atoms with van der Waals surface area (Å²) in [5.74, 6) is 1.99. The Morgan fingerprint density at radius 2 is 1.83 bits per heavy atom. The number of likely N-dealkylation sites (tertiary alicyclic amines) is 1. The van der Waals surface area contributed by atoms with E-state index in [1.165, 1.54) is 5.56 Å². The van der Waals surface area contributed by atoms with Gasteiger partial charge in [0.1, 0.15) is 18.1 Å². The highest BCUT2D eigenvalue weighted by atomic mass is 16.5. The van der Waals surface area contributed by atoms with E-state index in [4.69, 9.17) is 9.47 Å². The van der Waals surface area contributed by atoms with Gasteiger partial charge in [-0.05, 0) is 43.0 Å². The van der Waals surface area contributed by atoms with Crippen LogP contribution in [0, 0.1) is 0 Å². The van der Waals surface area contributed by atoms with Gasteiger partial charge in [-0.1, -0.05) is 44.2 Å². The zero-order valence-electron chi connectivity index (χ0n) is 17.7.